The lowest BCUT2D eigenvalue weighted by Crippen LogP contribution is -2.36. The predicted octanol–water partition coefficient (Wildman–Crippen LogP) is 3.69. The summed E-state index contributed by atoms with van der Waals surface area (Å²) in [6.45, 7) is 3.50. The summed E-state index contributed by atoms with van der Waals surface area (Å²) in [6.07, 6.45) is -3.78. The van der Waals surface area contributed by atoms with Gasteiger partial charge in [-0.1, -0.05) is 18.5 Å². The molecule has 1 rings (SSSR count). The van der Waals surface area contributed by atoms with Gasteiger partial charge in [-0.2, -0.15) is 13.2 Å². The van der Waals surface area contributed by atoms with Crippen LogP contribution in [0.4, 0.5) is 18.9 Å². The SMILES string of the molecule is CCC(C)NC(=O)CNc1ccc(Cl)cc1C(F)(F)F. The van der Waals surface area contributed by atoms with Crippen LogP contribution in [0.25, 0.3) is 0 Å². The Morgan fingerprint density at radius 2 is 2.05 bits per heavy atom. The monoisotopic (exact) mass is 308 g/mol. The van der Waals surface area contributed by atoms with Crippen molar-refractivity contribution in [3.8, 4) is 0 Å². The third kappa shape index (κ3) is 4.92. The molecule has 1 aromatic rings. The van der Waals surface area contributed by atoms with Crippen LogP contribution in [0.2, 0.25) is 5.02 Å². The molecule has 0 fully saturated rings. The van der Waals surface area contributed by atoms with Crippen molar-refractivity contribution in [2.45, 2.75) is 32.5 Å². The molecule has 0 bridgehead atoms. The summed E-state index contributed by atoms with van der Waals surface area (Å²) in [5.74, 6) is -0.359. The highest BCUT2D eigenvalue weighted by atomic mass is 35.5. The number of rotatable bonds is 5. The van der Waals surface area contributed by atoms with Crippen molar-refractivity contribution < 1.29 is 18.0 Å². The van der Waals surface area contributed by atoms with Gasteiger partial charge < -0.3 is 10.6 Å². The van der Waals surface area contributed by atoms with E-state index in [1.165, 1.54) is 12.1 Å². The number of carbonyl (C=O) groups excluding carboxylic acids is 1. The van der Waals surface area contributed by atoms with E-state index in [1.807, 2.05) is 13.8 Å². The van der Waals surface area contributed by atoms with E-state index in [9.17, 15) is 18.0 Å². The largest absolute Gasteiger partial charge is 0.418 e. The highest BCUT2D eigenvalue weighted by Gasteiger charge is 2.33. The van der Waals surface area contributed by atoms with Crippen LogP contribution in [-0.4, -0.2) is 18.5 Å². The second kappa shape index (κ2) is 6.83. The molecule has 112 valence electrons. The summed E-state index contributed by atoms with van der Waals surface area (Å²) in [6, 6.07) is 3.36. The lowest BCUT2D eigenvalue weighted by molar-refractivity contribution is -0.137. The number of alkyl halides is 3. The van der Waals surface area contributed by atoms with Crippen molar-refractivity contribution >= 4 is 23.2 Å². The quantitative estimate of drug-likeness (QED) is 0.871. The zero-order chi connectivity index (χ0) is 15.3. The summed E-state index contributed by atoms with van der Waals surface area (Å²) >= 11 is 5.57. The van der Waals surface area contributed by atoms with Crippen LogP contribution in [-0.2, 0) is 11.0 Å². The van der Waals surface area contributed by atoms with E-state index in [1.54, 1.807) is 0 Å². The number of carbonyl (C=O) groups is 1. The molecule has 0 saturated heterocycles. The predicted molar refractivity (Wildman–Crippen MR) is 72.8 cm³/mol. The van der Waals surface area contributed by atoms with Gasteiger partial charge in [0, 0.05) is 16.8 Å². The van der Waals surface area contributed by atoms with E-state index >= 15 is 0 Å². The van der Waals surface area contributed by atoms with Crippen molar-refractivity contribution in [2.75, 3.05) is 11.9 Å². The standard InChI is InChI=1S/C13H16ClF3N2O/c1-3-8(2)19-12(20)7-18-11-5-4-9(14)6-10(11)13(15,16)17/h4-6,8,18H,3,7H2,1-2H3,(H,19,20). The Morgan fingerprint density at radius 1 is 1.40 bits per heavy atom. The van der Waals surface area contributed by atoms with Crippen molar-refractivity contribution in [1.82, 2.24) is 5.32 Å². The van der Waals surface area contributed by atoms with Gasteiger partial charge in [-0.15, -0.1) is 0 Å². The Bertz CT molecular complexity index is 477. The van der Waals surface area contributed by atoms with Gasteiger partial charge in [0.05, 0.1) is 12.1 Å². The Hall–Kier alpha value is -1.43. The Kier molecular flexibility index (Phi) is 5.68. The molecule has 0 spiro atoms. The molecular weight excluding hydrogens is 293 g/mol. The molecule has 0 heterocycles. The molecular formula is C13H16ClF3N2O. The summed E-state index contributed by atoms with van der Waals surface area (Å²) < 4.78 is 38.5. The van der Waals surface area contributed by atoms with Gasteiger partial charge in [0.2, 0.25) is 5.91 Å². The first-order valence-electron chi connectivity index (χ1n) is 6.14. The second-order valence-electron chi connectivity index (χ2n) is 4.42. The van der Waals surface area contributed by atoms with Crippen LogP contribution in [0.1, 0.15) is 25.8 Å². The summed E-state index contributed by atoms with van der Waals surface area (Å²) in [4.78, 5) is 11.5. The van der Waals surface area contributed by atoms with Gasteiger partial charge in [-0.05, 0) is 31.5 Å². The van der Waals surface area contributed by atoms with Crippen molar-refractivity contribution in [3.63, 3.8) is 0 Å². The minimum Gasteiger partial charge on any atom is -0.376 e. The van der Waals surface area contributed by atoms with Gasteiger partial charge in [-0.3, -0.25) is 4.79 Å². The van der Waals surface area contributed by atoms with E-state index < -0.39 is 11.7 Å². The summed E-state index contributed by atoms with van der Waals surface area (Å²) in [7, 11) is 0. The normalized spacial score (nSPS) is 12.9. The second-order valence-corrected chi connectivity index (χ2v) is 4.85. The minimum absolute atomic E-state index is 0.00747. The summed E-state index contributed by atoms with van der Waals surface area (Å²) in [5.41, 5.74) is -1.05. The topological polar surface area (TPSA) is 41.1 Å². The highest BCUT2D eigenvalue weighted by molar-refractivity contribution is 6.30. The van der Waals surface area contributed by atoms with Crippen LogP contribution in [0, 0.1) is 0 Å². The smallest absolute Gasteiger partial charge is 0.376 e. The number of halogens is 4. The van der Waals surface area contributed by atoms with Crippen molar-refractivity contribution in [3.05, 3.63) is 28.8 Å². The third-order valence-electron chi connectivity index (χ3n) is 2.75. The highest BCUT2D eigenvalue weighted by Crippen LogP contribution is 2.36. The number of nitrogens with one attached hydrogen (secondary N) is 2. The Balaban J connectivity index is 2.76. The average Bonchev–Trinajstić information content (AvgIpc) is 2.36. The molecule has 0 saturated carbocycles. The van der Waals surface area contributed by atoms with Gasteiger partial charge >= 0.3 is 6.18 Å². The van der Waals surface area contributed by atoms with Crippen LogP contribution in [0.5, 0.6) is 0 Å². The van der Waals surface area contributed by atoms with Gasteiger partial charge in [-0.25, -0.2) is 0 Å². The molecule has 1 amide bonds. The van der Waals surface area contributed by atoms with Crippen molar-refractivity contribution in [2.24, 2.45) is 0 Å². The van der Waals surface area contributed by atoms with E-state index in [0.29, 0.717) is 0 Å². The molecule has 0 aliphatic rings. The third-order valence-corrected chi connectivity index (χ3v) is 2.98. The van der Waals surface area contributed by atoms with E-state index in [2.05, 4.69) is 10.6 Å². The molecule has 1 atom stereocenters. The fourth-order valence-corrected chi connectivity index (χ4v) is 1.68. The van der Waals surface area contributed by atoms with Crippen LogP contribution in [0.15, 0.2) is 18.2 Å². The fourth-order valence-electron chi connectivity index (χ4n) is 1.51. The Labute approximate surface area is 120 Å². The average molecular weight is 309 g/mol. The summed E-state index contributed by atoms with van der Waals surface area (Å²) in [5, 5.41) is 5.14. The maximum absolute atomic E-state index is 12.8. The van der Waals surface area contributed by atoms with Gasteiger partial charge in [0.25, 0.3) is 0 Å². The molecule has 20 heavy (non-hydrogen) atoms. The molecule has 0 radical (unpaired) electrons. The molecule has 0 aliphatic heterocycles. The van der Waals surface area contributed by atoms with Crippen LogP contribution >= 0.6 is 11.6 Å². The number of hydrogen-bond donors (Lipinski definition) is 2. The van der Waals surface area contributed by atoms with Crippen LogP contribution < -0.4 is 10.6 Å². The fraction of sp³-hybridized carbons (Fsp3) is 0.462. The van der Waals surface area contributed by atoms with Gasteiger partial charge in [0.1, 0.15) is 0 Å². The number of amides is 1. The minimum atomic E-state index is -4.53. The first-order valence-corrected chi connectivity index (χ1v) is 6.51. The number of benzene rings is 1. The van der Waals surface area contributed by atoms with E-state index in [-0.39, 0.29) is 29.2 Å². The number of hydrogen-bond acceptors (Lipinski definition) is 2. The zero-order valence-electron chi connectivity index (χ0n) is 11.1. The van der Waals surface area contributed by atoms with E-state index in [4.69, 9.17) is 11.6 Å². The molecule has 7 heteroatoms. The molecule has 1 unspecified atom stereocenters. The lowest BCUT2D eigenvalue weighted by Gasteiger charge is -2.16. The first-order chi connectivity index (χ1) is 9.24. The van der Waals surface area contributed by atoms with E-state index in [0.717, 1.165) is 12.5 Å². The zero-order valence-corrected chi connectivity index (χ0v) is 11.9. The molecule has 0 aromatic heterocycles. The van der Waals surface area contributed by atoms with Gasteiger partial charge in [0.15, 0.2) is 0 Å². The molecule has 3 nitrogen and oxygen atoms in total. The maximum Gasteiger partial charge on any atom is 0.418 e. The maximum atomic E-state index is 12.8. The lowest BCUT2D eigenvalue weighted by atomic mass is 10.1. The van der Waals surface area contributed by atoms with Crippen LogP contribution in [0.3, 0.4) is 0 Å². The number of anilines is 1. The van der Waals surface area contributed by atoms with Crippen molar-refractivity contribution in [1.29, 1.82) is 0 Å². The first kappa shape index (κ1) is 16.6. The molecule has 0 aliphatic carbocycles. The Morgan fingerprint density at radius 3 is 2.60 bits per heavy atom. The molecule has 2 N–H and O–H groups in total. The molecule has 1 aromatic carbocycles.